The van der Waals surface area contributed by atoms with Crippen LogP contribution in [-0.2, 0) is 17.9 Å². The maximum absolute atomic E-state index is 5.52. The van der Waals surface area contributed by atoms with E-state index < -0.39 is 0 Å². The molecule has 2 aromatic rings. The second kappa shape index (κ2) is 5.45. The third kappa shape index (κ3) is 2.88. The van der Waals surface area contributed by atoms with Crippen LogP contribution in [0.5, 0.6) is 0 Å². The van der Waals surface area contributed by atoms with Crippen molar-refractivity contribution in [1.29, 1.82) is 0 Å². The Labute approximate surface area is 116 Å². The van der Waals surface area contributed by atoms with E-state index in [1.807, 2.05) is 13.0 Å². The molecular formula is C14H18N2O2S. The van der Waals surface area contributed by atoms with Crippen molar-refractivity contribution in [2.24, 2.45) is 0 Å². The summed E-state index contributed by atoms with van der Waals surface area (Å²) in [6, 6.07) is 2.67. The zero-order chi connectivity index (χ0) is 13.2. The topological polar surface area (TPSA) is 47.3 Å². The second-order valence-electron chi connectivity index (χ2n) is 4.91. The third-order valence-electron chi connectivity index (χ3n) is 3.24. The molecule has 0 radical (unpaired) electrons. The summed E-state index contributed by atoms with van der Waals surface area (Å²) in [5.41, 5.74) is 2.14. The largest absolute Gasteiger partial charge is 0.462 e. The Morgan fingerprint density at radius 2 is 2.37 bits per heavy atom. The van der Waals surface area contributed by atoms with Crippen LogP contribution in [0.15, 0.2) is 16.7 Å². The highest BCUT2D eigenvalue weighted by Gasteiger charge is 2.22. The lowest BCUT2D eigenvalue weighted by Crippen LogP contribution is -2.15. The summed E-state index contributed by atoms with van der Waals surface area (Å²) in [5.74, 6) is 0.875. The van der Waals surface area contributed by atoms with E-state index in [0.717, 1.165) is 28.6 Å². The number of aromatic nitrogens is 1. The molecule has 0 aliphatic heterocycles. The van der Waals surface area contributed by atoms with Gasteiger partial charge in [0.25, 0.3) is 0 Å². The van der Waals surface area contributed by atoms with Crippen molar-refractivity contribution in [1.82, 2.24) is 10.3 Å². The Bertz CT molecular complexity index is 558. The number of hydrogen-bond acceptors (Lipinski definition) is 5. The highest BCUT2D eigenvalue weighted by molar-refractivity contribution is 7.15. The Hall–Kier alpha value is -1.17. The summed E-state index contributed by atoms with van der Waals surface area (Å²) in [5, 5.41) is 4.48. The van der Waals surface area contributed by atoms with Gasteiger partial charge in [0.05, 0.1) is 18.6 Å². The maximum atomic E-state index is 5.52. The number of ether oxygens (including phenoxy) is 1. The highest BCUT2D eigenvalue weighted by atomic mass is 32.1. The molecule has 1 fully saturated rings. The average Bonchev–Trinajstić information content (AvgIpc) is 3.00. The summed E-state index contributed by atoms with van der Waals surface area (Å²) >= 11 is 1.69. The van der Waals surface area contributed by atoms with Gasteiger partial charge in [0.15, 0.2) is 10.8 Å². The fraction of sp³-hybridized carbons (Fsp3) is 0.500. The van der Waals surface area contributed by atoms with Gasteiger partial charge in [-0.3, -0.25) is 0 Å². The molecule has 1 saturated carbocycles. The van der Waals surface area contributed by atoms with Crippen LogP contribution in [0, 0.1) is 6.92 Å². The zero-order valence-electron chi connectivity index (χ0n) is 11.2. The van der Waals surface area contributed by atoms with Gasteiger partial charge in [0, 0.05) is 24.6 Å². The average molecular weight is 278 g/mol. The van der Waals surface area contributed by atoms with E-state index in [1.54, 1.807) is 24.7 Å². The fourth-order valence-electron chi connectivity index (χ4n) is 1.98. The standard InChI is InChI=1S/C14H18N2O2S/c1-9-5-6-18-13(9)14-16-11(8-17-2)12(19-14)7-15-10-3-4-10/h5-6,10,15H,3-4,7-8H2,1-2H3. The molecule has 0 saturated heterocycles. The molecule has 1 N–H and O–H groups in total. The lowest BCUT2D eigenvalue weighted by molar-refractivity contribution is 0.181. The summed E-state index contributed by atoms with van der Waals surface area (Å²) in [6.07, 6.45) is 4.30. The molecule has 2 aromatic heterocycles. The van der Waals surface area contributed by atoms with Gasteiger partial charge in [-0.05, 0) is 31.4 Å². The Balaban J connectivity index is 1.84. The summed E-state index contributed by atoms with van der Waals surface area (Å²) in [7, 11) is 1.70. The van der Waals surface area contributed by atoms with Crippen molar-refractivity contribution in [2.75, 3.05) is 7.11 Å². The zero-order valence-corrected chi connectivity index (χ0v) is 12.0. The molecule has 0 unspecified atom stereocenters. The third-order valence-corrected chi connectivity index (χ3v) is 4.34. The Kier molecular flexibility index (Phi) is 3.68. The summed E-state index contributed by atoms with van der Waals surface area (Å²) < 4.78 is 10.8. The lowest BCUT2D eigenvalue weighted by atomic mass is 10.3. The van der Waals surface area contributed by atoms with E-state index in [4.69, 9.17) is 9.15 Å². The van der Waals surface area contributed by atoms with Gasteiger partial charge in [-0.2, -0.15) is 0 Å². The number of furan rings is 1. The minimum absolute atomic E-state index is 0.554. The van der Waals surface area contributed by atoms with E-state index >= 15 is 0 Å². The van der Waals surface area contributed by atoms with Crippen molar-refractivity contribution >= 4 is 11.3 Å². The van der Waals surface area contributed by atoms with Crippen molar-refractivity contribution in [2.45, 2.75) is 39.0 Å². The SMILES string of the molecule is COCc1nc(-c2occc2C)sc1CNC1CC1. The molecule has 0 atom stereocenters. The van der Waals surface area contributed by atoms with Gasteiger partial charge in [0.2, 0.25) is 0 Å². The normalized spacial score (nSPS) is 15.1. The molecular weight excluding hydrogens is 260 g/mol. The van der Waals surface area contributed by atoms with E-state index in [0.29, 0.717) is 12.6 Å². The minimum Gasteiger partial charge on any atom is -0.462 e. The quantitative estimate of drug-likeness (QED) is 0.882. The fourth-order valence-corrected chi connectivity index (χ4v) is 3.05. The van der Waals surface area contributed by atoms with Crippen LogP contribution >= 0.6 is 11.3 Å². The number of aryl methyl sites for hydroxylation is 1. The molecule has 0 bridgehead atoms. The van der Waals surface area contributed by atoms with E-state index in [1.165, 1.54) is 17.7 Å². The molecule has 19 heavy (non-hydrogen) atoms. The lowest BCUT2D eigenvalue weighted by Gasteiger charge is -2.02. The molecule has 0 aromatic carbocycles. The minimum atomic E-state index is 0.554. The molecule has 1 aliphatic rings. The van der Waals surface area contributed by atoms with Crippen LogP contribution in [0.25, 0.3) is 10.8 Å². The van der Waals surface area contributed by atoms with Gasteiger partial charge >= 0.3 is 0 Å². The first-order valence-electron chi connectivity index (χ1n) is 6.53. The smallest absolute Gasteiger partial charge is 0.165 e. The van der Waals surface area contributed by atoms with Crippen molar-refractivity contribution in [3.63, 3.8) is 0 Å². The Morgan fingerprint density at radius 1 is 1.53 bits per heavy atom. The first-order valence-corrected chi connectivity index (χ1v) is 7.35. The van der Waals surface area contributed by atoms with Crippen LogP contribution in [0.4, 0.5) is 0 Å². The van der Waals surface area contributed by atoms with Gasteiger partial charge in [-0.15, -0.1) is 11.3 Å². The number of thiazole rings is 1. The van der Waals surface area contributed by atoms with Crippen molar-refractivity contribution in [3.05, 3.63) is 28.5 Å². The van der Waals surface area contributed by atoms with Crippen molar-refractivity contribution < 1.29 is 9.15 Å². The number of methoxy groups -OCH3 is 1. The highest BCUT2D eigenvalue weighted by Crippen LogP contribution is 2.32. The molecule has 0 spiro atoms. The Morgan fingerprint density at radius 3 is 3.00 bits per heavy atom. The van der Waals surface area contributed by atoms with Crippen LogP contribution in [0.1, 0.15) is 29.0 Å². The number of nitrogens with one attached hydrogen (secondary N) is 1. The molecule has 4 nitrogen and oxygen atoms in total. The van der Waals surface area contributed by atoms with E-state index in [9.17, 15) is 0 Å². The summed E-state index contributed by atoms with van der Waals surface area (Å²) in [6.45, 7) is 3.47. The van der Waals surface area contributed by atoms with Gasteiger partial charge in [0.1, 0.15) is 0 Å². The van der Waals surface area contributed by atoms with Gasteiger partial charge in [-0.25, -0.2) is 4.98 Å². The first kappa shape index (κ1) is 12.8. The van der Waals surface area contributed by atoms with E-state index in [-0.39, 0.29) is 0 Å². The number of hydrogen-bond donors (Lipinski definition) is 1. The van der Waals surface area contributed by atoms with E-state index in [2.05, 4.69) is 10.3 Å². The maximum Gasteiger partial charge on any atom is 0.165 e. The second-order valence-corrected chi connectivity index (χ2v) is 5.99. The predicted molar refractivity (Wildman–Crippen MR) is 75.1 cm³/mol. The van der Waals surface area contributed by atoms with Crippen LogP contribution < -0.4 is 5.32 Å². The molecule has 0 amide bonds. The molecule has 3 rings (SSSR count). The first-order chi connectivity index (χ1) is 9.28. The molecule has 1 aliphatic carbocycles. The van der Waals surface area contributed by atoms with Crippen LogP contribution in [0.2, 0.25) is 0 Å². The monoisotopic (exact) mass is 278 g/mol. The van der Waals surface area contributed by atoms with Crippen LogP contribution in [0.3, 0.4) is 0 Å². The van der Waals surface area contributed by atoms with Crippen LogP contribution in [-0.4, -0.2) is 18.1 Å². The predicted octanol–water partition coefficient (Wildman–Crippen LogP) is 3.11. The number of rotatable bonds is 6. The van der Waals surface area contributed by atoms with Crippen molar-refractivity contribution in [3.8, 4) is 10.8 Å². The van der Waals surface area contributed by atoms with Gasteiger partial charge in [-0.1, -0.05) is 0 Å². The molecule has 5 heteroatoms. The molecule has 102 valence electrons. The van der Waals surface area contributed by atoms with Gasteiger partial charge < -0.3 is 14.5 Å². The number of nitrogens with zero attached hydrogens (tertiary/aromatic N) is 1. The summed E-state index contributed by atoms with van der Waals surface area (Å²) in [4.78, 5) is 5.91. The molecule has 2 heterocycles.